The van der Waals surface area contributed by atoms with Crippen LogP contribution in [0.25, 0.3) is 0 Å². The molecule has 1 fully saturated rings. The molecule has 1 aliphatic rings. The maximum Gasteiger partial charge on any atom is 0.306 e. The van der Waals surface area contributed by atoms with Gasteiger partial charge in [-0.15, -0.1) is 0 Å². The second-order valence-corrected chi connectivity index (χ2v) is 5.62. The van der Waals surface area contributed by atoms with E-state index in [9.17, 15) is 4.79 Å². The Hall–Kier alpha value is -1.03. The summed E-state index contributed by atoms with van der Waals surface area (Å²) in [7, 11) is 2.04. The van der Waals surface area contributed by atoms with Gasteiger partial charge in [0.2, 0.25) is 0 Å². The van der Waals surface area contributed by atoms with E-state index in [1.807, 2.05) is 13.1 Å². The minimum atomic E-state index is -0.666. The van der Waals surface area contributed by atoms with E-state index < -0.39 is 5.97 Å². The molecule has 0 unspecified atom stereocenters. The summed E-state index contributed by atoms with van der Waals surface area (Å²) in [4.78, 5) is 13.0. The quantitative estimate of drug-likeness (QED) is 0.932. The van der Waals surface area contributed by atoms with Crippen LogP contribution in [-0.2, 0) is 4.79 Å². The second kappa shape index (κ2) is 4.69. The van der Waals surface area contributed by atoms with Crippen LogP contribution in [0.15, 0.2) is 22.7 Å². The van der Waals surface area contributed by atoms with Gasteiger partial charge >= 0.3 is 5.97 Å². The molecule has 92 valence electrons. The molecule has 4 heteroatoms. The largest absolute Gasteiger partial charge is 0.481 e. The number of halogens is 1. The summed E-state index contributed by atoms with van der Waals surface area (Å²) in [5, 5.41) is 8.88. The fourth-order valence-electron chi connectivity index (χ4n) is 2.26. The van der Waals surface area contributed by atoms with Gasteiger partial charge in [0.1, 0.15) is 0 Å². The number of aliphatic carboxylic acids is 1. The topological polar surface area (TPSA) is 40.5 Å². The first kappa shape index (κ1) is 12.4. The van der Waals surface area contributed by atoms with Crippen LogP contribution in [0.5, 0.6) is 0 Å². The average Bonchev–Trinajstić information content (AvgIpc) is 2.18. The first-order chi connectivity index (χ1) is 7.99. The fourth-order valence-corrected chi connectivity index (χ4v) is 2.61. The highest BCUT2D eigenvalue weighted by atomic mass is 79.9. The molecule has 0 spiro atoms. The molecule has 0 radical (unpaired) electrons. The molecule has 0 heterocycles. The van der Waals surface area contributed by atoms with Crippen LogP contribution >= 0.6 is 15.9 Å². The van der Waals surface area contributed by atoms with E-state index in [4.69, 9.17) is 5.11 Å². The van der Waals surface area contributed by atoms with E-state index in [2.05, 4.69) is 39.9 Å². The Morgan fingerprint density at radius 1 is 1.47 bits per heavy atom. The van der Waals surface area contributed by atoms with Crippen LogP contribution < -0.4 is 4.90 Å². The molecule has 0 saturated heterocycles. The van der Waals surface area contributed by atoms with Crippen LogP contribution in [0.4, 0.5) is 5.69 Å². The molecular weight excluding hydrogens is 282 g/mol. The van der Waals surface area contributed by atoms with Crippen molar-refractivity contribution in [3.8, 4) is 0 Å². The van der Waals surface area contributed by atoms with Gasteiger partial charge in [-0.1, -0.05) is 22.0 Å². The normalized spacial score (nSPS) is 23.0. The lowest BCUT2D eigenvalue weighted by molar-refractivity contribution is -0.145. The Kier molecular flexibility index (Phi) is 3.43. The van der Waals surface area contributed by atoms with Gasteiger partial charge in [0.25, 0.3) is 0 Å². The molecule has 1 aliphatic carbocycles. The molecular formula is C13H16BrNO2. The third-order valence-electron chi connectivity index (χ3n) is 3.56. The van der Waals surface area contributed by atoms with Crippen LogP contribution in [0, 0.1) is 12.8 Å². The Morgan fingerprint density at radius 2 is 2.12 bits per heavy atom. The number of benzene rings is 1. The molecule has 1 N–H and O–H groups in total. The number of carbonyl (C=O) groups is 1. The lowest BCUT2D eigenvalue weighted by Gasteiger charge is -2.41. The van der Waals surface area contributed by atoms with E-state index in [1.165, 1.54) is 11.3 Å². The van der Waals surface area contributed by atoms with Gasteiger partial charge in [-0.25, -0.2) is 0 Å². The monoisotopic (exact) mass is 297 g/mol. The molecule has 3 nitrogen and oxygen atoms in total. The molecule has 1 aromatic carbocycles. The Labute approximate surface area is 110 Å². The predicted molar refractivity (Wildman–Crippen MR) is 71.4 cm³/mol. The Morgan fingerprint density at radius 3 is 2.71 bits per heavy atom. The van der Waals surface area contributed by atoms with Crippen LogP contribution in [-0.4, -0.2) is 24.2 Å². The highest BCUT2D eigenvalue weighted by molar-refractivity contribution is 9.10. The summed E-state index contributed by atoms with van der Waals surface area (Å²) >= 11 is 3.47. The third-order valence-corrected chi connectivity index (χ3v) is 4.05. The maximum atomic E-state index is 10.8. The second-order valence-electron chi connectivity index (χ2n) is 4.70. The van der Waals surface area contributed by atoms with E-state index in [0.717, 1.165) is 17.3 Å². The summed E-state index contributed by atoms with van der Waals surface area (Å²) in [6, 6.07) is 6.53. The highest BCUT2D eigenvalue weighted by Crippen LogP contribution is 2.35. The van der Waals surface area contributed by atoms with Gasteiger partial charge in [0, 0.05) is 23.2 Å². The molecule has 0 aliphatic heterocycles. The van der Waals surface area contributed by atoms with Gasteiger partial charge in [-0.05, 0) is 37.5 Å². The zero-order valence-corrected chi connectivity index (χ0v) is 11.6. The Bertz CT molecular complexity index is 441. The summed E-state index contributed by atoms with van der Waals surface area (Å²) in [6.45, 7) is 2.08. The van der Waals surface area contributed by atoms with Crippen molar-refractivity contribution >= 4 is 27.6 Å². The number of anilines is 1. The maximum absolute atomic E-state index is 10.8. The SMILES string of the molecule is Cc1ccc(Br)cc1N(C)C1CC(C(=O)O)C1. The van der Waals surface area contributed by atoms with Crippen molar-refractivity contribution in [2.24, 2.45) is 5.92 Å². The molecule has 2 rings (SSSR count). The van der Waals surface area contributed by atoms with E-state index in [0.29, 0.717) is 6.04 Å². The smallest absolute Gasteiger partial charge is 0.306 e. The predicted octanol–water partition coefficient (Wildman–Crippen LogP) is 3.06. The fraction of sp³-hybridized carbons (Fsp3) is 0.462. The molecule has 0 bridgehead atoms. The number of aryl methyl sites for hydroxylation is 1. The first-order valence-corrected chi connectivity index (χ1v) is 6.50. The Balaban J connectivity index is 2.08. The van der Waals surface area contributed by atoms with E-state index >= 15 is 0 Å². The summed E-state index contributed by atoms with van der Waals surface area (Å²) in [5.41, 5.74) is 2.39. The number of hydrogen-bond donors (Lipinski definition) is 1. The van der Waals surface area contributed by atoms with Crippen LogP contribution in [0.1, 0.15) is 18.4 Å². The third kappa shape index (κ3) is 2.46. The zero-order chi connectivity index (χ0) is 12.6. The number of rotatable bonds is 3. The molecule has 0 atom stereocenters. The minimum Gasteiger partial charge on any atom is -0.481 e. The standard InChI is InChI=1S/C13H16BrNO2/c1-8-3-4-10(14)7-12(8)15(2)11-5-9(6-11)13(16)17/h3-4,7,9,11H,5-6H2,1-2H3,(H,16,17). The molecule has 1 aromatic rings. The van der Waals surface area contributed by atoms with Crippen molar-refractivity contribution in [2.45, 2.75) is 25.8 Å². The summed E-state index contributed by atoms with van der Waals surface area (Å²) in [5.74, 6) is -0.824. The van der Waals surface area contributed by atoms with Crippen LogP contribution in [0.2, 0.25) is 0 Å². The van der Waals surface area contributed by atoms with Crippen molar-refractivity contribution < 1.29 is 9.90 Å². The average molecular weight is 298 g/mol. The van der Waals surface area contributed by atoms with Crippen molar-refractivity contribution in [1.82, 2.24) is 0 Å². The van der Waals surface area contributed by atoms with Gasteiger partial charge in [0.05, 0.1) is 5.92 Å². The van der Waals surface area contributed by atoms with Crippen molar-refractivity contribution in [1.29, 1.82) is 0 Å². The first-order valence-electron chi connectivity index (χ1n) is 5.71. The van der Waals surface area contributed by atoms with Gasteiger partial charge in [-0.2, -0.15) is 0 Å². The molecule has 0 amide bonds. The van der Waals surface area contributed by atoms with Crippen molar-refractivity contribution in [2.75, 3.05) is 11.9 Å². The number of carboxylic acids is 1. The summed E-state index contributed by atoms with van der Waals surface area (Å²) in [6.07, 6.45) is 1.50. The molecule has 1 saturated carbocycles. The lowest BCUT2D eigenvalue weighted by atomic mass is 9.79. The lowest BCUT2D eigenvalue weighted by Crippen LogP contribution is -2.45. The van der Waals surface area contributed by atoms with Crippen LogP contribution in [0.3, 0.4) is 0 Å². The summed E-state index contributed by atoms with van der Waals surface area (Å²) < 4.78 is 1.05. The molecule has 17 heavy (non-hydrogen) atoms. The highest BCUT2D eigenvalue weighted by Gasteiger charge is 2.37. The van der Waals surface area contributed by atoms with E-state index in [-0.39, 0.29) is 5.92 Å². The van der Waals surface area contributed by atoms with Crippen molar-refractivity contribution in [3.63, 3.8) is 0 Å². The minimum absolute atomic E-state index is 0.157. The van der Waals surface area contributed by atoms with Gasteiger partial charge in [-0.3, -0.25) is 4.79 Å². The van der Waals surface area contributed by atoms with E-state index in [1.54, 1.807) is 0 Å². The number of hydrogen-bond acceptors (Lipinski definition) is 2. The van der Waals surface area contributed by atoms with Crippen molar-refractivity contribution in [3.05, 3.63) is 28.2 Å². The van der Waals surface area contributed by atoms with Gasteiger partial charge in [0.15, 0.2) is 0 Å². The number of nitrogens with zero attached hydrogens (tertiary/aromatic N) is 1. The van der Waals surface area contributed by atoms with Gasteiger partial charge < -0.3 is 10.0 Å². The zero-order valence-electron chi connectivity index (χ0n) is 9.98. The number of carboxylic acid groups (broad SMARTS) is 1. The molecule has 0 aromatic heterocycles.